The van der Waals surface area contributed by atoms with Gasteiger partial charge in [0.05, 0.1) is 17.0 Å². The number of anilines is 1. The van der Waals surface area contributed by atoms with Crippen LogP contribution in [0.3, 0.4) is 0 Å². The summed E-state index contributed by atoms with van der Waals surface area (Å²) in [6, 6.07) is 15.1. The number of carbonyl (C=O) groups excluding carboxylic acids is 2. The molecule has 3 aromatic heterocycles. The standard InChI is InChI=1S/C29H30Cl2N8O2/c1-19(40)38-14-13-36(12-2-3-26(38)20-4-6-21(30)7-5-20)29(41)24-17-37(16-23(24)25-9-8-22(31)15-32-25)28-11-10-27-34-33-18-39(27)35-28/h4-11,15,18,23-24,26H,2-3,12-14,16-17H2,1H3/t23-,24-,26-/m1/s1. The lowest BCUT2D eigenvalue weighted by Gasteiger charge is -2.37. The van der Waals surface area contributed by atoms with Gasteiger partial charge in [-0.15, -0.1) is 15.3 Å². The molecule has 4 aromatic rings. The molecule has 12 heteroatoms. The molecular weight excluding hydrogens is 563 g/mol. The lowest BCUT2D eigenvalue weighted by molar-refractivity contribution is -0.139. The Balaban J connectivity index is 1.24. The summed E-state index contributed by atoms with van der Waals surface area (Å²) < 4.78 is 1.63. The maximum Gasteiger partial charge on any atom is 0.228 e. The molecule has 10 nitrogen and oxygen atoms in total. The zero-order chi connectivity index (χ0) is 28.5. The van der Waals surface area contributed by atoms with Gasteiger partial charge >= 0.3 is 0 Å². The van der Waals surface area contributed by atoms with Crippen LogP contribution in [-0.4, -0.2) is 79.1 Å². The first-order valence-corrected chi connectivity index (χ1v) is 14.5. The number of hydrogen-bond donors (Lipinski definition) is 0. The van der Waals surface area contributed by atoms with Crippen molar-refractivity contribution in [2.24, 2.45) is 5.92 Å². The number of hydrogen-bond acceptors (Lipinski definition) is 7. The predicted molar refractivity (Wildman–Crippen MR) is 156 cm³/mol. The fourth-order valence-electron chi connectivity index (χ4n) is 6.03. The molecule has 0 bridgehead atoms. The van der Waals surface area contributed by atoms with Gasteiger partial charge in [0.2, 0.25) is 11.8 Å². The van der Waals surface area contributed by atoms with Gasteiger partial charge in [-0.2, -0.15) is 4.52 Å². The van der Waals surface area contributed by atoms with Crippen molar-refractivity contribution < 1.29 is 9.59 Å². The number of fused-ring (bicyclic) bond motifs is 1. The summed E-state index contributed by atoms with van der Waals surface area (Å²) in [5.41, 5.74) is 2.53. The molecule has 41 heavy (non-hydrogen) atoms. The number of nitrogens with zero attached hydrogens (tertiary/aromatic N) is 8. The van der Waals surface area contributed by atoms with Crippen LogP contribution in [0.4, 0.5) is 5.82 Å². The van der Waals surface area contributed by atoms with E-state index in [4.69, 9.17) is 23.2 Å². The summed E-state index contributed by atoms with van der Waals surface area (Å²) in [4.78, 5) is 37.4. The van der Waals surface area contributed by atoms with Crippen molar-refractivity contribution in [3.05, 3.63) is 82.4 Å². The van der Waals surface area contributed by atoms with E-state index in [9.17, 15) is 9.59 Å². The van der Waals surface area contributed by atoms with Gasteiger partial charge in [-0.1, -0.05) is 35.3 Å². The van der Waals surface area contributed by atoms with Gasteiger partial charge in [0.25, 0.3) is 0 Å². The van der Waals surface area contributed by atoms with E-state index in [0.717, 1.165) is 29.9 Å². The Labute approximate surface area is 247 Å². The Morgan fingerprint density at radius 2 is 1.73 bits per heavy atom. The topological polar surface area (TPSA) is 99.8 Å². The number of aromatic nitrogens is 5. The van der Waals surface area contributed by atoms with E-state index in [0.29, 0.717) is 48.4 Å². The van der Waals surface area contributed by atoms with Crippen molar-refractivity contribution in [2.45, 2.75) is 31.7 Å². The van der Waals surface area contributed by atoms with E-state index in [1.807, 2.05) is 58.3 Å². The zero-order valence-corrected chi connectivity index (χ0v) is 24.1. The Morgan fingerprint density at radius 3 is 2.49 bits per heavy atom. The summed E-state index contributed by atoms with van der Waals surface area (Å²) in [6.07, 6.45) is 4.72. The number of rotatable bonds is 4. The van der Waals surface area contributed by atoms with Crippen LogP contribution in [0.15, 0.2) is 61.1 Å². The van der Waals surface area contributed by atoms with Crippen LogP contribution < -0.4 is 4.90 Å². The summed E-state index contributed by atoms with van der Waals surface area (Å²) in [7, 11) is 0. The first-order chi connectivity index (χ1) is 19.9. The Kier molecular flexibility index (Phi) is 7.77. The molecule has 2 aliphatic rings. The van der Waals surface area contributed by atoms with Crippen molar-refractivity contribution in [3.63, 3.8) is 0 Å². The van der Waals surface area contributed by atoms with Crippen LogP contribution in [0.1, 0.15) is 43.0 Å². The van der Waals surface area contributed by atoms with Gasteiger partial charge in [0, 0.05) is 62.5 Å². The van der Waals surface area contributed by atoms with E-state index < -0.39 is 0 Å². The van der Waals surface area contributed by atoms with Crippen molar-refractivity contribution in [2.75, 3.05) is 37.6 Å². The van der Waals surface area contributed by atoms with Crippen molar-refractivity contribution in [1.82, 2.24) is 34.6 Å². The molecule has 2 amide bonds. The van der Waals surface area contributed by atoms with Gasteiger partial charge in [-0.05, 0) is 54.8 Å². The van der Waals surface area contributed by atoms with E-state index >= 15 is 0 Å². The molecule has 6 rings (SSSR count). The minimum Gasteiger partial charge on any atom is -0.354 e. The summed E-state index contributed by atoms with van der Waals surface area (Å²) in [6.45, 7) is 4.21. The van der Waals surface area contributed by atoms with Crippen LogP contribution >= 0.6 is 23.2 Å². The number of pyridine rings is 1. The largest absolute Gasteiger partial charge is 0.354 e. The number of amides is 2. The van der Waals surface area contributed by atoms with Gasteiger partial charge in [-0.3, -0.25) is 14.6 Å². The minimum atomic E-state index is -0.334. The van der Waals surface area contributed by atoms with Crippen molar-refractivity contribution in [1.29, 1.82) is 0 Å². The molecule has 0 N–H and O–H groups in total. The van der Waals surface area contributed by atoms with Crippen LogP contribution in [0, 0.1) is 5.92 Å². The van der Waals surface area contributed by atoms with E-state index in [1.165, 1.54) is 0 Å². The van der Waals surface area contributed by atoms with E-state index in [1.54, 1.807) is 24.0 Å². The molecule has 0 saturated carbocycles. The van der Waals surface area contributed by atoms with Gasteiger partial charge in [0.15, 0.2) is 5.65 Å². The lowest BCUT2D eigenvalue weighted by atomic mass is 9.90. The average molecular weight is 594 g/mol. The Morgan fingerprint density at radius 1 is 0.927 bits per heavy atom. The maximum absolute atomic E-state index is 14.2. The summed E-state index contributed by atoms with van der Waals surface area (Å²) in [5.74, 6) is 0.319. The fraction of sp³-hybridized carbons (Fsp3) is 0.379. The SMILES string of the molecule is CC(=O)N1CCN(C(=O)[C@@H]2CN(c3ccc4nncn4n3)C[C@H]2c2ccc(Cl)cn2)CCC[C@@H]1c1ccc(Cl)cc1. The zero-order valence-electron chi connectivity index (χ0n) is 22.6. The molecule has 0 spiro atoms. The highest BCUT2D eigenvalue weighted by Gasteiger charge is 2.42. The maximum atomic E-state index is 14.2. The third-order valence-electron chi connectivity index (χ3n) is 8.10. The number of carbonyl (C=O) groups is 2. The van der Waals surface area contributed by atoms with E-state index in [2.05, 4.69) is 25.2 Å². The van der Waals surface area contributed by atoms with Crippen LogP contribution in [0.2, 0.25) is 10.0 Å². The lowest BCUT2D eigenvalue weighted by Crippen LogP contribution is -2.47. The van der Waals surface area contributed by atoms with Crippen LogP contribution in [-0.2, 0) is 9.59 Å². The molecule has 2 fully saturated rings. The highest BCUT2D eigenvalue weighted by molar-refractivity contribution is 6.30. The van der Waals surface area contributed by atoms with Gasteiger partial charge in [0.1, 0.15) is 12.1 Å². The van der Waals surface area contributed by atoms with Crippen molar-refractivity contribution in [3.8, 4) is 0 Å². The average Bonchev–Trinajstić information content (AvgIpc) is 3.61. The second-order valence-electron chi connectivity index (χ2n) is 10.6. The summed E-state index contributed by atoms with van der Waals surface area (Å²) >= 11 is 12.2. The molecule has 2 saturated heterocycles. The first kappa shape index (κ1) is 27.4. The first-order valence-electron chi connectivity index (χ1n) is 13.7. The normalized spacial score (nSPS) is 21.6. The molecule has 1 aromatic carbocycles. The van der Waals surface area contributed by atoms with Gasteiger partial charge in [-0.25, -0.2) is 0 Å². The smallest absolute Gasteiger partial charge is 0.228 e. The Bertz CT molecular complexity index is 1540. The van der Waals surface area contributed by atoms with Crippen LogP contribution in [0.5, 0.6) is 0 Å². The fourth-order valence-corrected chi connectivity index (χ4v) is 6.26. The third kappa shape index (κ3) is 5.71. The molecule has 3 atom stereocenters. The predicted octanol–water partition coefficient (Wildman–Crippen LogP) is 4.26. The van der Waals surface area contributed by atoms with Crippen molar-refractivity contribution >= 4 is 46.5 Å². The molecule has 0 radical (unpaired) electrons. The number of halogens is 2. The second kappa shape index (κ2) is 11.6. The van der Waals surface area contributed by atoms with E-state index in [-0.39, 0.29) is 29.7 Å². The van der Waals surface area contributed by atoms with Crippen LogP contribution in [0.25, 0.3) is 5.65 Å². The molecule has 5 heterocycles. The molecular formula is C29H30Cl2N8O2. The monoisotopic (exact) mass is 592 g/mol. The Hall–Kier alpha value is -3.76. The highest BCUT2D eigenvalue weighted by atomic mass is 35.5. The third-order valence-corrected chi connectivity index (χ3v) is 8.58. The molecule has 212 valence electrons. The quantitative estimate of drug-likeness (QED) is 0.349. The summed E-state index contributed by atoms with van der Waals surface area (Å²) in [5, 5.41) is 13.8. The molecule has 2 aliphatic heterocycles. The minimum absolute atomic E-state index is 0.00927. The molecule has 0 unspecified atom stereocenters. The highest BCUT2D eigenvalue weighted by Crippen LogP contribution is 2.36. The molecule has 0 aliphatic carbocycles. The second-order valence-corrected chi connectivity index (χ2v) is 11.5. The number of benzene rings is 1. The van der Waals surface area contributed by atoms with Gasteiger partial charge < -0.3 is 14.7 Å².